The Hall–Kier alpha value is -1.22. The molecule has 4 atom stereocenters. The molecule has 1 aliphatic heterocycles. The molecule has 4 N–H and O–H groups in total. The van der Waals surface area contributed by atoms with Crippen molar-refractivity contribution < 1.29 is 30.0 Å². The molecule has 1 heterocycles. The normalized spacial score (nSPS) is 38.3. The van der Waals surface area contributed by atoms with Gasteiger partial charge in [0.1, 0.15) is 0 Å². The van der Waals surface area contributed by atoms with Crippen LogP contribution in [0.2, 0.25) is 0 Å². The van der Waals surface area contributed by atoms with Gasteiger partial charge in [-0.05, 0) is 0 Å². The minimum atomic E-state index is -1.77. The van der Waals surface area contributed by atoms with Gasteiger partial charge >= 0.3 is 0 Å². The number of carbonyl (C=O) groups excluding carboxylic acids is 2. The fraction of sp³-hybridized carbons (Fsp3) is 0.667. The Labute approximate surface area is 78.6 Å². The van der Waals surface area contributed by atoms with E-state index in [0.717, 1.165) is 0 Å². The molecule has 8 heteroatoms. The van der Waals surface area contributed by atoms with Gasteiger partial charge in [0.05, 0.1) is 0 Å². The van der Waals surface area contributed by atoms with Crippen LogP contribution in [0, 0.1) is 0 Å². The third kappa shape index (κ3) is 1.44. The SMILES string of the molecule is O=CN1[C@H](O)[C@H](O)N(C=O)[C@H](O)[C@@H]1O. The lowest BCUT2D eigenvalue weighted by atomic mass is 10.2. The fourth-order valence-electron chi connectivity index (χ4n) is 1.18. The summed E-state index contributed by atoms with van der Waals surface area (Å²) < 4.78 is 0. The molecule has 8 nitrogen and oxygen atoms in total. The third-order valence-electron chi connectivity index (χ3n) is 2.00. The first-order valence-electron chi connectivity index (χ1n) is 3.72. The lowest BCUT2D eigenvalue weighted by molar-refractivity contribution is -0.274. The maximum Gasteiger partial charge on any atom is 0.214 e. The number of aliphatic hydroxyl groups is 4. The summed E-state index contributed by atoms with van der Waals surface area (Å²) in [7, 11) is 0. The summed E-state index contributed by atoms with van der Waals surface area (Å²) in [4.78, 5) is 21.5. The molecule has 0 aliphatic carbocycles. The molecule has 0 aromatic rings. The van der Waals surface area contributed by atoms with Crippen LogP contribution in [0.5, 0.6) is 0 Å². The second-order valence-electron chi connectivity index (χ2n) is 2.76. The maximum atomic E-state index is 10.3. The van der Waals surface area contributed by atoms with E-state index in [1.54, 1.807) is 0 Å². The van der Waals surface area contributed by atoms with Gasteiger partial charge in [0.15, 0.2) is 24.9 Å². The van der Waals surface area contributed by atoms with Crippen molar-refractivity contribution in [1.29, 1.82) is 0 Å². The first-order valence-corrected chi connectivity index (χ1v) is 3.72. The predicted molar refractivity (Wildman–Crippen MR) is 39.8 cm³/mol. The van der Waals surface area contributed by atoms with Crippen LogP contribution in [0.4, 0.5) is 0 Å². The number of hydrogen-bond acceptors (Lipinski definition) is 6. The summed E-state index contributed by atoms with van der Waals surface area (Å²) in [5, 5.41) is 36.8. The first kappa shape index (κ1) is 10.9. The Morgan fingerprint density at radius 3 is 1.07 bits per heavy atom. The maximum absolute atomic E-state index is 10.3. The molecular weight excluding hydrogens is 196 g/mol. The van der Waals surface area contributed by atoms with Crippen LogP contribution >= 0.6 is 0 Å². The highest BCUT2D eigenvalue weighted by molar-refractivity contribution is 5.52. The topological polar surface area (TPSA) is 122 Å². The monoisotopic (exact) mass is 206 g/mol. The smallest absolute Gasteiger partial charge is 0.214 e. The van der Waals surface area contributed by atoms with Crippen LogP contribution in [-0.4, -0.2) is 68.0 Å². The van der Waals surface area contributed by atoms with Gasteiger partial charge in [0.2, 0.25) is 12.8 Å². The Balaban J connectivity index is 2.92. The van der Waals surface area contributed by atoms with Crippen molar-refractivity contribution in [1.82, 2.24) is 9.80 Å². The van der Waals surface area contributed by atoms with E-state index in [0.29, 0.717) is 9.80 Å². The molecule has 0 aromatic heterocycles. The molecular formula is C6H10N2O6. The van der Waals surface area contributed by atoms with E-state index in [2.05, 4.69) is 0 Å². The summed E-state index contributed by atoms with van der Waals surface area (Å²) in [5.41, 5.74) is 0. The summed E-state index contributed by atoms with van der Waals surface area (Å²) in [6.07, 6.45) is -6.95. The zero-order valence-corrected chi connectivity index (χ0v) is 6.96. The van der Waals surface area contributed by atoms with Crippen LogP contribution in [0.15, 0.2) is 0 Å². The average molecular weight is 206 g/mol. The van der Waals surface area contributed by atoms with E-state index in [4.69, 9.17) is 0 Å². The molecule has 0 saturated carbocycles. The van der Waals surface area contributed by atoms with E-state index in [-0.39, 0.29) is 12.8 Å². The molecule has 1 aliphatic rings. The van der Waals surface area contributed by atoms with Crippen LogP contribution < -0.4 is 0 Å². The van der Waals surface area contributed by atoms with Gasteiger partial charge in [0.25, 0.3) is 0 Å². The summed E-state index contributed by atoms with van der Waals surface area (Å²) in [6, 6.07) is 0. The van der Waals surface area contributed by atoms with E-state index in [1.807, 2.05) is 0 Å². The third-order valence-corrected chi connectivity index (χ3v) is 2.00. The second kappa shape index (κ2) is 3.88. The molecule has 80 valence electrons. The molecule has 2 amide bonds. The van der Waals surface area contributed by atoms with Gasteiger partial charge in [-0.25, -0.2) is 0 Å². The number of carbonyl (C=O) groups is 2. The van der Waals surface area contributed by atoms with Gasteiger partial charge in [-0.1, -0.05) is 0 Å². The lowest BCUT2D eigenvalue weighted by Crippen LogP contribution is -2.67. The van der Waals surface area contributed by atoms with Crippen molar-refractivity contribution in [3.05, 3.63) is 0 Å². The number of piperazine rings is 1. The van der Waals surface area contributed by atoms with Gasteiger partial charge in [-0.15, -0.1) is 0 Å². The Bertz CT molecular complexity index is 196. The molecule has 14 heavy (non-hydrogen) atoms. The van der Waals surface area contributed by atoms with Crippen molar-refractivity contribution in [2.45, 2.75) is 24.9 Å². The van der Waals surface area contributed by atoms with Gasteiger partial charge in [-0.2, -0.15) is 0 Å². The van der Waals surface area contributed by atoms with Crippen LogP contribution in [0.25, 0.3) is 0 Å². The minimum Gasteiger partial charge on any atom is -0.369 e. The zero-order chi connectivity index (χ0) is 10.9. The standard InChI is InChI=1S/C6H10N2O6/c9-1-7-3(11)5(13)8(2-10)6(14)4(7)12/h1-6,11-14H/t3-,4+,5+,6-. The lowest BCUT2D eigenvalue weighted by Gasteiger charge is -2.45. The van der Waals surface area contributed by atoms with Gasteiger partial charge in [-0.3, -0.25) is 19.4 Å². The van der Waals surface area contributed by atoms with Crippen molar-refractivity contribution in [2.24, 2.45) is 0 Å². The first-order chi connectivity index (χ1) is 6.54. The minimum absolute atomic E-state index is 0.0594. The molecule has 1 rings (SSSR count). The van der Waals surface area contributed by atoms with Gasteiger partial charge < -0.3 is 20.4 Å². The number of aliphatic hydroxyl groups excluding tert-OH is 4. The van der Waals surface area contributed by atoms with E-state index >= 15 is 0 Å². The summed E-state index contributed by atoms with van der Waals surface area (Å²) in [5.74, 6) is 0. The average Bonchev–Trinajstić information content (AvgIpc) is 2.17. The zero-order valence-electron chi connectivity index (χ0n) is 6.96. The Kier molecular flexibility index (Phi) is 3.01. The number of amides is 2. The van der Waals surface area contributed by atoms with Crippen LogP contribution in [-0.2, 0) is 9.59 Å². The molecule has 0 aromatic carbocycles. The summed E-state index contributed by atoms with van der Waals surface area (Å²) >= 11 is 0. The highest BCUT2D eigenvalue weighted by atomic mass is 16.4. The molecule has 1 saturated heterocycles. The van der Waals surface area contributed by atoms with E-state index in [9.17, 15) is 30.0 Å². The number of rotatable bonds is 2. The van der Waals surface area contributed by atoms with Crippen LogP contribution in [0.1, 0.15) is 0 Å². The highest BCUT2D eigenvalue weighted by Crippen LogP contribution is 2.18. The van der Waals surface area contributed by atoms with Crippen molar-refractivity contribution in [3.8, 4) is 0 Å². The molecule has 0 bridgehead atoms. The second-order valence-corrected chi connectivity index (χ2v) is 2.76. The Morgan fingerprint density at radius 2 is 0.929 bits per heavy atom. The predicted octanol–water partition coefficient (Wildman–Crippen LogP) is -3.81. The fourth-order valence-corrected chi connectivity index (χ4v) is 1.18. The quantitative estimate of drug-likeness (QED) is 0.344. The number of nitrogens with zero attached hydrogens (tertiary/aromatic N) is 2. The number of hydrogen-bond donors (Lipinski definition) is 4. The van der Waals surface area contributed by atoms with E-state index in [1.165, 1.54) is 0 Å². The van der Waals surface area contributed by atoms with Crippen molar-refractivity contribution in [2.75, 3.05) is 0 Å². The summed E-state index contributed by atoms with van der Waals surface area (Å²) in [6.45, 7) is 0. The van der Waals surface area contributed by atoms with Crippen LogP contribution in [0.3, 0.4) is 0 Å². The molecule has 0 unspecified atom stereocenters. The van der Waals surface area contributed by atoms with Crippen molar-refractivity contribution >= 4 is 12.8 Å². The van der Waals surface area contributed by atoms with Crippen molar-refractivity contribution in [3.63, 3.8) is 0 Å². The highest BCUT2D eigenvalue weighted by Gasteiger charge is 2.44. The molecule has 0 radical (unpaired) electrons. The molecule has 1 fully saturated rings. The molecule has 0 spiro atoms. The van der Waals surface area contributed by atoms with E-state index < -0.39 is 24.9 Å². The van der Waals surface area contributed by atoms with Gasteiger partial charge in [0, 0.05) is 0 Å². The Morgan fingerprint density at radius 1 is 0.714 bits per heavy atom. The largest absolute Gasteiger partial charge is 0.369 e.